The summed E-state index contributed by atoms with van der Waals surface area (Å²) in [4.78, 5) is 2.44. The van der Waals surface area contributed by atoms with Crippen LogP contribution in [0.4, 0.5) is 0 Å². The number of halogens is 2. The number of aryl methyl sites for hydroxylation is 1. The lowest BCUT2D eigenvalue weighted by Gasteiger charge is -2.38. The number of hydrogen-bond acceptors (Lipinski definition) is 5. The third-order valence-electron chi connectivity index (χ3n) is 4.74. The van der Waals surface area contributed by atoms with E-state index in [4.69, 9.17) is 9.84 Å². The van der Waals surface area contributed by atoms with Crippen LogP contribution in [-0.4, -0.2) is 10.7 Å². The van der Waals surface area contributed by atoms with Crippen LogP contribution in [0.1, 0.15) is 39.6 Å². The Morgan fingerprint density at radius 3 is 2.81 bits per heavy atom. The van der Waals surface area contributed by atoms with Crippen LogP contribution < -0.4 is 4.74 Å². The van der Waals surface area contributed by atoms with Crippen molar-refractivity contribution in [3.05, 3.63) is 70.9 Å². The van der Waals surface area contributed by atoms with Gasteiger partial charge in [-0.25, -0.2) is 5.01 Å². The maximum Gasteiger partial charge on any atom is 0.223 e. The van der Waals surface area contributed by atoms with Crippen molar-refractivity contribution in [2.75, 3.05) is 0 Å². The molecule has 4 heterocycles. The van der Waals surface area contributed by atoms with Gasteiger partial charge in [0, 0.05) is 16.5 Å². The predicted molar refractivity (Wildman–Crippen MR) is 114 cm³/mol. The summed E-state index contributed by atoms with van der Waals surface area (Å²) >= 11 is 10.6. The minimum atomic E-state index is -0.172. The quantitative estimate of drug-likeness (QED) is 0.376. The van der Waals surface area contributed by atoms with E-state index >= 15 is 0 Å². The molecule has 0 saturated carbocycles. The zero-order valence-corrected chi connectivity index (χ0v) is 18.6. The zero-order chi connectivity index (χ0) is 17.8. The van der Waals surface area contributed by atoms with Crippen molar-refractivity contribution >= 4 is 60.2 Å². The van der Waals surface area contributed by atoms with Gasteiger partial charge in [0.05, 0.1) is 25.3 Å². The topological polar surface area (TPSA) is 24.8 Å². The van der Waals surface area contributed by atoms with Gasteiger partial charge in [-0.2, -0.15) is 5.10 Å². The Kier molecular flexibility index (Phi) is 4.23. The first kappa shape index (κ1) is 17.0. The van der Waals surface area contributed by atoms with E-state index in [9.17, 15) is 0 Å². The molecule has 0 radical (unpaired) electrons. The van der Waals surface area contributed by atoms with Crippen molar-refractivity contribution in [3.63, 3.8) is 0 Å². The lowest BCUT2D eigenvalue weighted by Crippen LogP contribution is -2.33. The number of benzene rings is 1. The van der Waals surface area contributed by atoms with E-state index in [-0.39, 0.29) is 12.3 Å². The van der Waals surface area contributed by atoms with E-state index in [0.29, 0.717) is 0 Å². The van der Waals surface area contributed by atoms with Gasteiger partial charge in [-0.3, -0.25) is 0 Å². The van der Waals surface area contributed by atoms with E-state index < -0.39 is 0 Å². The lowest BCUT2D eigenvalue weighted by atomic mass is 9.98. The Hall–Kier alpha value is -1.15. The molecule has 0 aliphatic carbocycles. The number of hydrazone groups is 1. The van der Waals surface area contributed by atoms with Gasteiger partial charge < -0.3 is 4.74 Å². The molecule has 0 bridgehead atoms. The van der Waals surface area contributed by atoms with Gasteiger partial charge in [0.15, 0.2) is 0 Å². The first-order valence-corrected chi connectivity index (χ1v) is 11.5. The highest BCUT2D eigenvalue weighted by atomic mass is 79.9. The molecule has 5 rings (SSSR count). The maximum atomic E-state index is 6.42. The van der Waals surface area contributed by atoms with Gasteiger partial charge in [0.25, 0.3) is 0 Å². The first-order valence-electron chi connectivity index (χ1n) is 8.22. The average Bonchev–Trinajstić information content (AvgIpc) is 3.33. The Bertz CT molecular complexity index is 1030. The van der Waals surface area contributed by atoms with Crippen LogP contribution in [-0.2, 0) is 0 Å². The summed E-state index contributed by atoms with van der Waals surface area (Å²) in [5.74, 6) is 0.955. The van der Waals surface area contributed by atoms with Crippen molar-refractivity contribution in [1.29, 1.82) is 0 Å². The van der Waals surface area contributed by atoms with Crippen LogP contribution in [0, 0.1) is 6.92 Å². The molecule has 7 heteroatoms. The molecule has 0 unspecified atom stereocenters. The number of thiophene rings is 2. The van der Waals surface area contributed by atoms with Crippen LogP contribution in [0.15, 0.2) is 55.1 Å². The summed E-state index contributed by atoms with van der Waals surface area (Å²) in [5.41, 5.74) is 3.57. The minimum absolute atomic E-state index is 0.172. The maximum absolute atomic E-state index is 6.42. The van der Waals surface area contributed by atoms with Crippen molar-refractivity contribution < 1.29 is 4.74 Å². The molecule has 26 heavy (non-hydrogen) atoms. The van der Waals surface area contributed by atoms with Crippen LogP contribution in [0.3, 0.4) is 0 Å². The molecule has 2 aliphatic heterocycles. The number of fused-ring (bicyclic) bond motifs is 3. The Balaban J connectivity index is 1.62. The highest BCUT2D eigenvalue weighted by Crippen LogP contribution is 2.49. The normalized spacial score (nSPS) is 21.2. The first-order chi connectivity index (χ1) is 12.6. The standard InChI is InChI=1S/C19H14Br2N2OS2/c1-10-6-7-25-18(10)19-23-14(12-8-11(20)2-3-15(12)24-19)9-13(22-23)16-4-5-17(21)26-16/h2-8,14,19H,9H2,1H3/t14-,19+/m1/s1. The van der Waals surface area contributed by atoms with Gasteiger partial charge in [0.1, 0.15) is 5.75 Å². The Morgan fingerprint density at radius 1 is 1.19 bits per heavy atom. The highest BCUT2D eigenvalue weighted by Gasteiger charge is 2.42. The predicted octanol–water partition coefficient (Wildman–Crippen LogP) is 6.89. The number of ether oxygens (including phenoxy) is 1. The Morgan fingerprint density at radius 2 is 2.08 bits per heavy atom. The molecule has 0 fully saturated rings. The van der Waals surface area contributed by atoms with Gasteiger partial charge in [-0.05, 0) is 70.2 Å². The SMILES string of the molecule is Cc1ccsc1[C@@H]1Oc2ccc(Br)cc2[C@H]2CC(c3ccc(Br)s3)=NN21. The fourth-order valence-electron chi connectivity index (χ4n) is 3.49. The fraction of sp³-hybridized carbons (Fsp3) is 0.211. The van der Waals surface area contributed by atoms with Crippen molar-refractivity contribution in [2.45, 2.75) is 25.6 Å². The average molecular weight is 510 g/mol. The summed E-state index contributed by atoms with van der Waals surface area (Å²) in [6, 6.07) is 12.8. The summed E-state index contributed by atoms with van der Waals surface area (Å²) in [5, 5.41) is 9.28. The van der Waals surface area contributed by atoms with E-state index in [2.05, 4.69) is 79.5 Å². The van der Waals surface area contributed by atoms with Gasteiger partial charge in [-0.15, -0.1) is 22.7 Å². The molecule has 2 atom stereocenters. The lowest BCUT2D eigenvalue weighted by molar-refractivity contribution is -0.0169. The van der Waals surface area contributed by atoms with Crippen LogP contribution in [0.5, 0.6) is 5.75 Å². The van der Waals surface area contributed by atoms with Crippen molar-refractivity contribution in [1.82, 2.24) is 5.01 Å². The second-order valence-corrected chi connectivity index (χ2v) is 10.7. The molecule has 0 spiro atoms. The van der Waals surface area contributed by atoms with Crippen molar-refractivity contribution in [2.24, 2.45) is 5.10 Å². The van der Waals surface area contributed by atoms with E-state index in [1.807, 2.05) is 6.07 Å². The van der Waals surface area contributed by atoms with Gasteiger partial charge in [-0.1, -0.05) is 15.9 Å². The minimum Gasteiger partial charge on any atom is -0.464 e. The number of nitrogens with zero attached hydrogens (tertiary/aromatic N) is 2. The second-order valence-electron chi connectivity index (χ2n) is 6.37. The molecule has 132 valence electrons. The fourth-order valence-corrected chi connectivity index (χ4v) is 6.19. The monoisotopic (exact) mass is 508 g/mol. The van der Waals surface area contributed by atoms with Crippen LogP contribution >= 0.6 is 54.5 Å². The molecule has 0 amide bonds. The smallest absolute Gasteiger partial charge is 0.223 e. The number of hydrogen-bond donors (Lipinski definition) is 0. The van der Waals surface area contributed by atoms with Crippen LogP contribution in [0.25, 0.3) is 0 Å². The van der Waals surface area contributed by atoms with E-state index in [1.165, 1.54) is 20.9 Å². The zero-order valence-electron chi connectivity index (χ0n) is 13.8. The molecule has 2 aromatic heterocycles. The van der Waals surface area contributed by atoms with Gasteiger partial charge in [0.2, 0.25) is 6.23 Å². The van der Waals surface area contributed by atoms with Crippen molar-refractivity contribution in [3.8, 4) is 5.75 Å². The molecular formula is C19H14Br2N2OS2. The summed E-state index contributed by atoms with van der Waals surface area (Å²) in [6.45, 7) is 2.14. The van der Waals surface area contributed by atoms with Crippen LogP contribution in [0.2, 0.25) is 0 Å². The largest absolute Gasteiger partial charge is 0.464 e. The van der Waals surface area contributed by atoms with Gasteiger partial charge >= 0.3 is 0 Å². The molecule has 3 nitrogen and oxygen atoms in total. The molecule has 3 aromatic rings. The molecular weight excluding hydrogens is 496 g/mol. The molecule has 0 N–H and O–H groups in total. The molecule has 0 saturated heterocycles. The molecule has 1 aromatic carbocycles. The highest BCUT2D eigenvalue weighted by molar-refractivity contribution is 9.11. The Labute approximate surface area is 176 Å². The number of rotatable bonds is 2. The second kappa shape index (κ2) is 6.48. The van der Waals surface area contributed by atoms with E-state index in [0.717, 1.165) is 26.1 Å². The molecule has 2 aliphatic rings. The third-order valence-corrected chi connectivity index (χ3v) is 7.95. The van der Waals surface area contributed by atoms with E-state index in [1.54, 1.807) is 22.7 Å². The third kappa shape index (κ3) is 2.76. The summed E-state index contributed by atoms with van der Waals surface area (Å²) < 4.78 is 8.62. The summed E-state index contributed by atoms with van der Waals surface area (Å²) in [6.07, 6.45) is 0.718. The summed E-state index contributed by atoms with van der Waals surface area (Å²) in [7, 11) is 0.